The number of hydrazine groups is 1. The molecule has 0 saturated heterocycles. The monoisotopic (exact) mass is 370 g/mol. The number of nitrogen functional groups attached to an aromatic ring is 1. The molecule has 0 aliphatic carbocycles. The molecule has 3 aromatic rings. The Kier molecular flexibility index (Phi) is 5.39. The second-order valence-corrected chi connectivity index (χ2v) is 7.03. The Morgan fingerprint density at radius 3 is 2.65 bits per heavy atom. The summed E-state index contributed by atoms with van der Waals surface area (Å²) in [6, 6.07) is 9.13. The number of aryl methyl sites for hydroxylation is 2. The third kappa shape index (κ3) is 3.63. The minimum atomic E-state index is -0.153. The van der Waals surface area contributed by atoms with Crippen LogP contribution in [0, 0.1) is 13.8 Å². The topological polar surface area (TPSA) is 89.3 Å². The van der Waals surface area contributed by atoms with Gasteiger partial charge in [-0.3, -0.25) is 10.2 Å². The van der Waals surface area contributed by atoms with Crippen molar-refractivity contribution in [3.63, 3.8) is 0 Å². The quantitative estimate of drug-likeness (QED) is 0.446. The van der Waals surface area contributed by atoms with E-state index in [-0.39, 0.29) is 5.91 Å². The van der Waals surface area contributed by atoms with Gasteiger partial charge in [0, 0.05) is 11.3 Å². The van der Waals surface area contributed by atoms with Crippen LogP contribution in [0.4, 0.5) is 10.8 Å². The number of aromatic nitrogens is 1. The van der Waals surface area contributed by atoms with E-state index in [1.807, 2.05) is 32.0 Å². The molecule has 7 heteroatoms. The Bertz CT molecular complexity index is 935. The number of fused-ring (bicyclic) bond motifs is 1. The van der Waals surface area contributed by atoms with E-state index in [0.717, 1.165) is 39.2 Å². The first-order valence-electron chi connectivity index (χ1n) is 8.45. The van der Waals surface area contributed by atoms with E-state index in [4.69, 9.17) is 10.6 Å². The Hall–Kier alpha value is -2.64. The van der Waals surface area contributed by atoms with E-state index in [0.29, 0.717) is 17.3 Å². The molecule has 0 unspecified atom stereocenters. The van der Waals surface area contributed by atoms with Crippen LogP contribution in [-0.4, -0.2) is 17.5 Å². The molecular weight excluding hydrogens is 348 g/mol. The second-order valence-electron chi connectivity index (χ2n) is 6.03. The average Bonchev–Trinajstić information content (AvgIpc) is 3.07. The fraction of sp³-hybridized carbons (Fsp3) is 0.263. The highest BCUT2D eigenvalue weighted by Crippen LogP contribution is 2.35. The van der Waals surface area contributed by atoms with Crippen LogP contribution < -0.4 is 21.3 Å². The van der Waals surface area contributed by atoms with Crippen LogP contribution in [0.25, 0.3) is 10.2 Å². The molecule has 26 heavy (non-hydrogen) atoms. The van der Waals surface area contributed by atoms with Crippen molar-refractivity contribution in [2.75, 3.05) is 17.3 Å². The number of nitrogens with one attached hydrogen (secondary N) is 2. The molecule has 4 N–H and O–H groups in total. The zero-order valence-electron chi connectivity index (χ0n) is 15.1. The molecule has 136 valence electrons. The summed E-state index contributed by atoms with van der Waals surface area (Å²) in [6.45, 7) is 6.65. The summed E-state index contributed by atoms with van der Waals surface area (Å²) in [5.74, 6) is 6.07. The lowest BCUT2D eigenvalue weighted by molar-refractivity contribution is 0.102. The maximum Gasteiger partial charge on any atom is 0.255 e. The molecule has 0 spiro atoms. The highest BCUT2D eigenvalue weighted by atomic mass is 32.1. The van der Waals surface area contributed by atoms with Gasteiger partial charge in [0.1, 0.15) is 5.75 Å². The van der Waals surface area contributed by atoms with Crippen molar-refractivity contribution in [1.82, 2.24) is 4.98 Å². The summed E-state index contributed by atoms with van der Waals surface area (Å²) in [5.41, 5.74) is 6.78. The first-order valence-corrected chi connectivity index (χ1v) is 9.26. The van der Waals surface area contributed by atoms with Gasteiger partial charge in [0.05, 0.1) is 16.8 Å². The lowest BCUT2D eigenvalue weighted by atomic mass is 10.1. The number of nitrogens with two attached hydrogens (primary N) is 1. The van der Waals surface area contributed by atoms with Crippen molar-refractivity contribution >= 4 is 38.3 Å². The van der Waals surface area contributed by atoms with E-state index in [2.05, 4.69) is 22.7 Å². The van der Waals surface area contributed by atoms with Crippen LogP contribution in [0.5, 0.6) is 5.75 Å². The van der Waals surface area contributed by atoms with Crippen LogP contribution in [0.2, 0.25) is 0 Å². The van der Waals surface area contributed by atoms with Crippen molar-refractivity contribution < 1.29 is 9.53 Å². The van der Waals surface area contributed by atoms with E-state index >= 15 is 0 Å². The first-order chi connectivity index (χ1) is 12.5. The number of benzene rings is 2. The Morgan fingerprint density at radius 1 is 1.27 bits per heavy atom. The van der Waals surface area contributed by atoms with Gasteiger partial charge in [-0.2, -0.15) is 0 Å². The Balaban J connectivity index is 1.84. The van der Waals surface area contributed by atoms with Gasteiger partial charge in [0.15, 0.2) is 5.13 Å². The second kappa shape index (κ2) is 7.72. The SMILES string of the molecule is CCCOc1ccc(C(=O)Nc2c(C)cc3nc(NN)sc3c2C)cc1. The van der Waals surface area contributed by atoms with Gasteiger partial charge >= 0.3 is 0 Å². The minimum Gasteiger partial charge on any atom is -0.494 e. The Labute approximate surface area is 156 Å². The van der Waals surface area contributed by atoms with Crippen molar-refractivity contribution in [1.29, 1.82) is 0 Å². The predicted molar refractivity (Wildman–Crippen MR) is 107 cm³/mol. The number of carbonyl (C=O) groups excluding carboxylic acids is 1. The van der Waals surface area contributed by atoms with Crippen molar-refractivity contribution in [3.8, 4) is 5.75 Å². The van der Waals surface area contributed by atoms with E-state index < -0.39 is 0 Å². The van der Waals surface area contributed by atoms with Crippen molar-refractivity contribution in [2.24, 2.45) is 5.84 Å². The molecular formula is C19H22N4O2S. The number of nitrogens with zero attached hydrogens (tertiary/aromatic N) is 1. The number of amides is 1. The summed E-state index contributed by atoms with van der Waals surface area (Å²) >= 11 is 1.46. The Morgan fingerprint density at radius 2 is 2.00 bits per heavy atom. The zero-order chi connectivity index (χ0) is 18.7. The molecule has 0 bridgehead atoms. The molecule has 1 aromatic heterocycles. The molecule has 6 nitrogen and oxygen atoms in total. The van der Waals surface area contributed by atoms with E-state index in [1.165, 1.54) is 11.3 Å². The maximum atomic E-state index is 12.6. The van der Waals surface area contributed by atoms with Crippen LogP contribution in [0.3, 0.4) is 0 Å². The third-order valence-electron chi connectivity index (χ3n) is 4.07. The lowest BCUT2D eigenvalue weighted by Crippen LogP contribution is -2.13. The predicted octanol–water partition coefficient (Wildman–Crippen LogP) is 4.24. The number of carbonyl (C=O) groups is 1. The standard InChI is InChI=1S/C19H22N4O2S/c1-4-9-25-14-7-5-13(6-8-14)18(24)22-16-11(2)10-15-17(12(16)3)26-19(21-15)23-20/h5-8,10H,4,9,20H2,1-3H3,(H,21,23)(H,22,24). The number of hydrogen-bond acceptors (Lipinski definition) is 6. The molecule has 1 heterocycles. The number of rotatable bonds is 6. The third-order valence-corrected chi connectivity index (χ3v) is 5.19. The fourth-order valence-corrected chi connectivity index (χ4v) is 3.61. The molecule has 2 aromatic carbocycles. The summed E-state index contributed by atoms with van der Waals surface area (Å²) in [4.78, 5) is 17.1. The average molecular weight is 370 g/mol. The largest absolute Gasteiger partial charge is 0.494 e. The van der Waals surface area contributed by atoms with Crippen molar-refractivity contribution in [2.45, 2.75) is 27.2 Å². The fourth-order valence-electron chi connectivity index (χ4n) is 2.75. The smallest absolute Gasteiger partial charge is 0.255 e. The molecule has 0 atom stereocenters. The van der Waals surface area contributed by atoms with Gasteiger partial charge in [-0.25, -0.2) is 10.8 Å². The molecule has 0 fully saturated rings. The van der Waals surface area contributed by atoms with Crippen LogP contribution in [0.15, 0.2) is 30.3 Å². The van der Waals surface area contributed by atoms with Crippen LogP contribution in [-0.2, 0) is 0 Å². The highest BCUT2D eigenvalue weighted by molar-refractivity contribution is 7.22. The lowest BCUT2D eigenvalue weighted by Gasteiger charge is -2.13. The summed E-state index contributed by atoms with van der Waals surface area (Å²) in [7, 11) is 0. The molecule has 0 aliphatic heterocycles. The van der Waals surface area contributed by atoms with Gasteiger partial charge in [0.25, 0.3) is 5.91 Å². The molecule has 3 rings (SSSR count). The molecule has 0 saturated carbocycles. The van der Waals surface area contributed by atoms with Gasteiger partial charge in [-0.05, 0) is 61.7 Å². The normalized spacial score (nSPS) is 10.8. The molecule has 0 aliphatic rings. The van der Waals surface area contributed by atoms with Crippen LogP contribution in [0.1, 0.15) is 34.8 Å². The molecule has 1 amide bonds. The highest BCUT2D eigenvalue weighted by Gasteiger charge is 2.15. The van der Waals surface area contributed by atoms with Gasteiger partial charge in [-0.1, -0.05) is 18.3 Å². The zero-order valence-corrected chi connectivity index (χ0v) is 15.9. The molecule has 0 radical (unpaired) electrons. The number of anilines is 2. The maximum absolute atomic E-state index is 12.6. The summed E-state index contributed by atoms with van der Waals surface area (Å²) < 4.78 is 6.56. The van der Waals surface area contributed by atoms with Gasteiger partial charge in [-0.15, -0.1) is 0 Å². The van der Waals surface area contributed by atoms with Crippen molar-refractivity contribution in [3.05, 3.63) is 47.0 Å². The van der Waals surface area contributed by atoms with E-state index in [9.17, 15) is 4.79 Å². The number of hydrogen-bond donors (Lipinski definition) is 3. The summed E-state index contributed by atoms with van der Waals surface area (Å²) in [6.07, 6.45) is 0.947. The first kappa shape index (κ1) is 18.2. The minimum absolute atomic E-state index is 0.153. The number of ether oxygens (including phenoxy) is 1. The summed E-state index contributed by atoms with van der Waals surface area (Å²) in [5, 5.41) is 3.67. The van der Waals surface area contributed by atoms with E-state index in [1.54, 1.807) is 12.1 Å². The number of thiazole rings is 1. The van der Waals surface area contributed by atoms with Gasteiger partial charge in [0.2, 0.25) is 0 Å². The van der Waals surface area contributed by atoms with Gasteiger partial charge < -0.3 is 10.1 Å². The van der Waals surface area contributed by atoms with Crippen LogP contribution >= 0.6 is 11.3 Å².